The molecule has 5 nitrogen and oxygen atoms in total. The predicted molar refractivity (Wildman–Crippen MR) is 65.6 cm³/mol. The van der Waals surface area contributed by atoms with Crippen LogP contribution in [0.5, 0.6) is 0 Å². The van der Waals surface area contributed by atoms with Crippen molar-refractivity contribution in [3.63, 3.8) is 0 Å². The molecule has 0 aromatic carbocycles. The second kappa shape index (κ2) is 4.71. The molecule has 3 N–H and O–H groups in total. The molecule has 0 saturated heterocycles. The van der Waals surface area contributed by atoms with Gasteiger partial charge in [0, 0.05) is 31.8 Å². The summed E-state index contributed by atoms with van der Waals surface area (Å²) in [6.45, 7) is 0. The molecule has 0 bridgehead atoms. The molecule has 1 heterocycles. The van der Waals surface area contributed by atoms with Crippen LogP contribution in [-0.2, 0) is 11.8 Å². The van der Waals surface area contributed by atoms with E-state index in [0.717, 1.165) is 12.8 Å². The summed E-state index contributed by atoms with van der Waals surface area (Å²) in [4.78, 5) is 22.8. The van der Waals surface area contributed by atoms with Gasteiger partial charge in [0.1, 0.15) is 0 Å². The summed E-state index contributed by atoms with van der Waals surface area (Å²) in [5.41, 5.74) is 6.40. The second-order valence-corrected chi connectivity index (χ2v) is 4.62. The van der Waals surface area contributed by atoms with Crippen molar-refractivity contribution in [3.8, 4) is 0 Å². The van der Waals surface area contributed by atoms with Crippen molar-refractivity contribution in [1.82, 2.24) is 4.57 Å². The number of carbonyl (C=O) groups is 1. The Kier molecular flexibility index (Phi) is 3.28. The molecule has 0 radical (unpaired) electrons. The van der Waals surface area contributed by atoms with Gasteiger partial charge in [-0.15, -0.1) is 0 Å². The molecule has 17 heavy (non-hydrogen) atoms. The van der Waals surface area contributed by atoms with Gasteiger partial charge in [-0.3, -0.25) is 9.59 Å². The minimum absolute atomic E-state index is 0.0393. The lowest BCUT2D eigenvalue weighted by Gasteiger charge is -2.10. The molecule has 1 aromatic rings. The van der Waals surface area contributed by atoms with E-state index >= 15 is 0 Å². The van der Waals surface area contributed by atoms with Gasteiger partial charge in [-0.25, -0.2) is 0 Å². The first-order valence-electron chi connectivity index (χ1n) is 5.78. The standard InChI is InChI=1S/C12H17N3O2/c1-15-7-9(4-5-12(15)17)14-11(16)6-10(13)8-2-3-8/h4-5,7-8,10H,2-3,6,13H2,1H3,(H,14,16). The maximum Gasteiger partial charge on any atom is 0.250 e. The molecule has 1 aliphatic carbocycles. The van der Waals surface area contributed by atoms with E-state index in [-0.39, 0.29) is 17.5 Å². The summed E-state index contributed by atoms with van der Waals surface area (Å²) >= 11 is 0. The number of nitrogens with zero attached hydrogens (tertiary/aromatic N) is 1. The quantitative estimate of drug-likeness (QED) is 0.795. The molecular formula is C12H17N3O2. The minimum Gasteiger partial charge on any atom is -0.327 e. The predicted octanol–water partition coefficient (Wildman–Crippen LogP) is 0.451. The van der Waals surface area contributed by atoms with Gasteiger partial charge in [-0.2, -0.15) is 0 Å². The first-order valence-corrected chi connectivity index (χ1v) is 5.78. The topological polar surface area (TPSA) is 77.1 Å². The lowest BCUT2D eigenvalue weighted by Crippen LogP contribution is -2.29. The van der Waals surface area contributed by atoms with Gasteiger partial charge in [0.2, 0.25) is 11.5 Å². The zero-order valence-electron chi connectivity index (χ0n) is 9.85. The second-order valence-electron chi connectivity index (χ2n) is 4.62. The maximum atomic E-state index is 11.7. The number of pyridine rings is 1. The molecule has 1 saturated carbocycles. The normalized spacial score (nSPS) is 16.6. The van der Waals surface area contributed by atoms with Crippen LogP contribution in [0.2, 0.25) is 0 Å². The molecule has 92 valence electrons. The Labute approximate surface area is 99.6 Å². The van der Waals surface area contributed by atoms with Gasteiger partial charge in [0.05, 0.1) is 5.69 Å². The SMILES string of the molecule is Cn1cc(NC(=O)CC(N)C2CC2)ccc1=O. The highest BCUT2D eigenvalue weighted by atomic mass is 16.1. The summed E-state index contributed by atoms with van der Waals surface area (Å²) in [6, 6.07) is 2.99. The van der Waals surface area contributed by atoms with Gasteiger partial charge >= 0.3 is 0 Å². The number of aryl methyl sites for hydroxylation is 1. The number of carbonyl (C=O) groups excluding carboxylic acids is 1. The smallest absolute Gasteiger partial charge is 0.250 e. The van der Waals surface area contributed by atoms with E-state index in [0.29, 0.717) is 18.0 Å². The summed E-state index contributed by atoms with van der Waals surface area (Å²) in [7, 11) is 1.65. The van der Waals surface area contributed by atoms with Crippen molar-refractivity contribution < 1.29 is 4.79 Å². The van der Waals surface area contributed by atoms with Crippen molar-refractivity contribution in [3.05, 3.63) is 28.7 Å². The van der Waals surface area contributed by atoms with Crippen LogP contribution < -0.4 is 16.6 Å². The van der Waals surface area contributed by atoms with Crippen LogP contribution >= 0.6 is 0 Å². The zero-order chi connectivity index (χ0) is 12.4. The third kappa shape index (κ3) is 3.17. The summed E-state index contributed by atoms with van der Waals surface area (Å²) in [6.07, 6.45) is 4.21. The van der Waals surface area contributed by atoms with E-state index in [2.05, 4.69) is 5.32 Å². The molecule has 0 aliphatic heterocycles. The zero-order valence-corrected chi connectivity index (χ0v) is 9.85. The van der Waals surface area contributed by atoms with E-state index in [4.69, 9.17) is 5.73 Å². The largest absolute Gasteiger partial charge is 0.327 e. The van der Waals surface area contributed by atoms with E-state index in [1.54, 1.807) is 19.3 Å². The first kappa shape index (κ1) is 11.9. The molecule has 1 unspecified atom stereocenters. The van der Waals surface area contributed by atoms with Gasteiger partial charge in [-0.05, 0) is 24.8 Å². The lowest BCUT2D eigenvalue weighted by atomic mass is 10.1. The van der Waals surface area contributed by atoms with Crippen molar-refractivity contribution in [2.45, 2.75) is 25.3 Å². The molecule has 1 atom stereocenters. The van der Waals surface area contributed by atoms with Crippen molar-refractivity contribution in [1.29, 1.82) is 0 Å². The van der Waals surface area contributed by atoms with E-state index < -0.39 is 0 Å². The van der Waals surface area contributed by atoms with Crippen LogP contribution in [0.25, 0.3) is 0 Å². The average Bonchev–Trinajstić information content (AvgIpc) is 3.06. The van der Waals surface area contributed by atoms with Crippen molar-refractivity contribution in [2.24, 2.45) is 18.7 Å². The fraction of sp³-hybridized carbons (Fsp3) is 0.500. The molecule has 1 aliphatic rings. The van der Waals surface area contributed by atoms with Crippen molar-refractivity contribution in [2.75, 3.05) is 5.32 Å². The van der Waals surface area contributed by atoms with Crippen molar-refractivity contribution >= 4 is 11.6 Å². The van der Waals surface area contributed by atoms with Gasteiger partial charge in [0.15, 0.2) is 0 Å². The average molecular weight is 235 g/mol. The highest BCUT2D eigenvalue weighted by Crippen LogP contribution is 2.32. The fourth-order valence-electron chi connectivity index (χ4n) is 1.78. The number of rotatable bonds is 4. The maximum absolute atomic E-state index is 11.7. The number of nitrogens with one attached hydrogen (secondary N) is 1. The number of hydrogen-bond acceptors (Lipinski definition) is 3. The fourth-order valence-corrected chi connectivity index (χ4v) is 1.78. The number of aromatic nitrogens is 1. The summed E-state index contributed by atoms with van der Waals surface area (Å²) in [5, 5.41) is 2.74. The molecule has 1 fully saturated rings. The monoisotopic (exact) mass is 235 g/mol. The Morgan fingerprint density at radius 3 is 2.88 bits per heavy atom. The highest BCUT2D eigenvalue weighted by molar-refractivity contribution is 5.90. The minimum atomic E-state index is -0.0994. The van der Waals surface area contributed by atoms with E-state index in [1.165, 1.54) is 10.6 Å². The number of hydrogen-bond donors (Lipinski definition) is 2. The number of anilines is 1. The van der Waals surface area contributed by atoms with Crippen LogP contribution in [-0.4, -0.2) is 16.5 Å². The molecule has 1 amide bonds. The van der Waals surface area contributed by atoms with Crippen LogP contribution in [0.4, 0.5) is 5.69 Å². The van der Waals surface area contributed by atoms with Crippen LogP contribution in [0.1, 0.15) is 19.3 Å². The summed E-state index contributed by atoms with van der Waals surface area (Å²) < 4.78 is 1.43. The number of nitrogens with two attached hydrogens (primary N) is 1. The molecule has 1 aromatic heterocycles. The van der Waals surface area contributed by atoms with Gasteiger partial charge in [0.25, 0.3) is 0 Å². The Hall–Kier alpha value is -1.62. The Bertz CT molecular complexity index is 477. The van der Waals surface area contributed by atoms with Crippen LogP contribution in [0.3, 0.4) is 0 Å². The Morgan fingerprint density at radius 1 is 1.59 bits per heavy atom. The number of amides is 1. The first-order chi connectivity index (χ1) is 8.06. The highest BCUT2D eigenvalue weighted by Gasteiger charge is 2.29. The molecule has 0 spiro atoms. The third-order valence-corrected chi connectivity index (χ3v) is 3.02. The van der Waals surface area contributed by atoms with Crippen LogP contribution in [0, 0.1) is 5.92 Å². The Morgan fingerprint density at radius 2 is 2.29 bits per heavy atom. The lowest BCUT2D eigenvalue weighted by molar-refractivity contribution is -0.116. The molecular weight excluding hydrogens is 218 g/mol. The van der Waals surface area contributed by atoms with Gasteiger partial charge in [-0.1, -0.05) is 0 Å². The van der Waals surface area contributed by atoms with E-state index in [9.17, 15) is 9.59 Å². The van der Waals surface area contributed by atoms with E-state index in [1.807, 2.05) is 0 Å². The van der Waals surface area contributed by atoms with Gasteiger partial charge < -0.3 is 15.6 Å². The molecule has 2 rings (SSSR count). The van der Waals surface area contributed by atoms with Crippen LogP contribution in [0.15, 0.2) is 23.1 Å². The third-order valence-electron chi connectivity index (χ3n) is 3.02. The molecule has 5 heteroatoms. The summed E-state index contributed by atoms with van der Waals surface area (Å²) in [5.74, 6) is 0.420. The Balaban J connectivity index is 1.92.